The Balaban J connectivity index is 0.00000208. The van der Waals surface area contributed by atoms with E-state index >= 15 is 0 Å². The summed E-state index contributed by atoms with van der Waals surface area (Å²) in [7, 11) is -1.08. The first-order valence-corrected chi connectivity index (χ1v) is 9.08. The summed E-state index contributed by atoms with van der Waals surface area (Å²) in [5.41, 5.74) is 1.72. The van der Waals surface area contributed by atoms with Gasteiger partial charge in [-0.25, -0.2) is 0 Å². The highest BCUT2D eigenvalue weighted by Gasteiger charge is 2.22. The fraction of sp³-hybridized carbons (Fsp3) is 0.278. The van der Waals surface area contributed by atoms with Gasteiger partial charge in [-0.1, -0.05) is 30.3 Å². The van der Waals surface area contributed by atoms with Gasteiger partial charge in [0.25, 0.3) is 0 Å². The maximum atomic E-state index is 12.4. The number of halogens is 1. The van der Waals surface area contributed by atoms with Crippen LogP contribution in [0, 0.1) is 5.92 Å². The van der Waals surface area contributed by atoms with Gasteiger partial charge in [0.05, 0.1) is 22.5 Å². The molecule has 2 atom stereocenters. The minimum absolute atomic E-state index is 0. The van der Waals surface area contributed by atoms with Gasteiger partial charge in [0, 0.05) is 17.1 Å². The zero-order chi connectivity index (χ0) is 16.1. The predicted molar refractivity (Wildman–Crippen MR) is 99.9 cm³/mol. The van der Waals surface area contributed by atoms with Gasteiger partial charge in [-0.05, 0) is 42.8 Å². The number of amides is 1. The van der Waals surface area contributed by atoms with E-state index in [1.54, 1.807) is 0 Å². The van der Waals surface area contributed by atoms with E-state index in [0.29, 0.717) is 5.75 Å². The number of hydrogen-bond donors (Lipinski definition) is 2. The molecule has 0 aliphatic carbocycles. The van der Waals surface area contributed by atoms with Gasteiger partial charge in [0.15, 0.2) is 0 Å². The van der Waals surface area contributed by atoms with Gasteiger partial charge in [-0.15, -0.1) is 12.4 Å². The lowest BCUT2D eigenvalue weighted by molar-refractivity contribution is -0.119. The van der Waals surface area contributed by atoms with Crippen LogP contribution in [-0.4, -0.2) is 23.2 Å². The van der Waals surface area contributed by atoms with Crippen molar-refractivity contribution in [1.29, 1.82) is 0 Å². The molecule has 6 heteroatoms. The summed E-state index contributed by atoms with van der Waals surface area (Å²) in [5.74, 6) is 0.534. The van der Waals surface area contributed by atoms with E-state index in [-0.39, 0.29) is 24.2 Å². The molecule has 2 N–H and O–H groups in total. The molecular formula is C18H21ClN2O2S. The van der Waals surface area contributed by atoms with Gasteiger partial charge in [-0.3, -0.25) is 9.00 Å². The maximum absolute atomic E-state index is 12.4. The molecule has 3 rings (SSSR count). The van der Waals surface area contributed by atoms with Gasteiger partial charge >= 0.3 is 0 Å². The lowest BCUT2D eigenvalue weighted by Gasteiger charge is -2.11. The van der Waals surface area contributed by atoms with Crippen LogP contribution >= 0.6 is 12.4 Å². The number of carbonyl (C=O) groups excluding carboxylic acids is 1. The van der Waals surface area contributed by atoms with Crippen molar-refractivity contribution in [1.82, 2.24) is 5.32 Å². The van der Waals surface area contributed by atoms with E-state index in [9.17, 15) is 9.00 Å². The van der Waals surface area contributed by atoms with Crippen LogP contribution in [-0.2, 0) is 21.3 Å². The molecule has 0 aromatic heterocycles. The molecule has 1 heterocycles. The molecule has 2 aromatic rings. The quantitative estimate of drug-likeness (QED) is 0.857. The number of hydrogen-bond acceptors (Lipinski definition) is 3. The van der Waals surface area contributed by atoms with Crippen LogP contribution in [0.5, 0.6) is 0 Å². The van der Waals surface area contributed by atoms with E-state index in [1.807, 2.05) is 54.6 Å². The van der Waals surface area contributed by atoms with Gasteiger partial charge < -0.3 is 10.6 Å². The largest absolute Gasteiger partial charge is 0.326 e. The number of anilines is 1. The molecule has 1 saturated heterocycles. The molecule has 1 aliphatic rings. The van der Waals surface area contributed by atoms with Crippen molar-refractivity contribution < 1.29 is 9.00 Å². The van der Waals surface area contributed by atoms with Gasteiger partial charge in [0.2, 0.25) is 5.91 Å². The third-order valence-corrected chi connectivity index (χ3v) is 5.32. The molecule has 128 valence electrons. The van der Waals surface area contributed by atoms with Crippen LogP contribution in [0.1, 0.15) is 12.0 Å². The van der Waals surface area contributed by atoms with Crippen molar-refractivity contribution in [3.8, 4) is 0 Å². The van der Waals surface area contributed by atoms with Crippen LogP contribution in [0.25, 0.3) is 0 Å². The van der Waals surface area contributed by atoms with E-state index in [1.165, 1.54) is 0 Å². The van der Waals surface area contributed by atoms with Crippen molar-refractivity contribution in [3.05, 3.63) is 60.2 Å². The maximum Gasteiger partial charge on any atom is 0.228 e. The molecule has 0 saturated carbocycles. The normalized spacial score (nSPS) is 17.8. The van der Waals surface area contributed by atoms with Crippen LogP contribution in [0.15, 0.2) is 59.5 Å². The fourth-order valence-electron chi connectivity index (χ4n) is 2.67. The second-order valence-corrected chi connectivity index (χ2v) is 7.13. The van der Waals surface area contributed by atoms with E-state index in [0.717, 1.165) is 35.7 Å². The number of benzene rings is 2. The number of nitrogens with one attached hydrogen (secondary N) is 2. The molecular weight excluding hydrogens is 344 g/mol. The summed E-state index contributed by atoms with van der Waals surface area (Å²) in [6, 6.07) is 17.0. The average molecular weight is 365 g/mol. The highest BCUT2D eigenvalue weighted by molar-refractivity contribution is 7.84. The zero-order valence-electron chi connectivity index (χ0n) is 13.2. The monoisotopic (exact) mass is 364 g/mol. The third kappa shape index (κ3) is 4.90. The first-order valence-electron chi connectivity index (χ1n) is 7.76. The predicted octanol–water partition coefficient (Wildman–Crippen LogP) is 2.96. The first-order chi connectivity index (χ1) is 11.2. The van der Waals surface area contributed by atoms with E-state index in [4.69, 9.17) is 0 Å². The Morgan fingerprint density at radius 2 is 1.96 bits per heavy atom. The molecule has 0 radical (unpaired) electrons. The molecule has 0 bridgehead atoms. The van der Waals surface area contributed by atoms with Crippen molar-refractivity contribution >= 4 is 34.8 Å². The molecule has 2 unspecified atom stereocenters. The lowest BCUT2D eigenvalue weighted by Crippen LogP contribution is -2.24. The van der Waals surface area contributed by atoms with Crippen molar-refractivity contribution in [2.75, 3.05) is 18.4 Å². The Kier molecular flexibility index (Phi) is 6.97. The molecule has 0 spiro atoms. The summed E-state index contributed by atoms with van der Waals surface area (Å²) >= 11 is 0. The standard InChI is InChI=1S/C18H20N2O2S.ClH/c21-18(15-9-10-19-12-15)20-16-6-4-5-14(11-16)13-23(22)17-7-2-1-3-8-17;/h1-8,11,15,19H,9-10,12-13H2,(H,20,21);1H. The minimum atomic E-state index is -1.08. The van der Waals surface area contributed by atoms with Crippen molar-refractivity contribution in [2.24, 2.45) is 5.92 Å². The van der Waals surface area contributed by atoms with Crippen LogP contribution < -0.4 is 10.6 Å². The van der Waals surface area contributed by atoms with Gasteiger partial charge in [0.1, 0.15) is 0 Å². The summed E-state index contributed by atoms with van der Waals surface area (Å²) in [6.07, 6.45) is 0.879. The first kappa shape index (κ1) is 18.6. The lowest BCUT2D eigenvalue weighted by atomic mass is 10.1. The summed E-state index contributed by atoms with van der Waals surface area (Å²) < 4.78 is 12.4. The van der Waals surface area contributed by atoms with Crippen molar-refractivity contribution in [2.45, 2.75) is 17.1 Å². The van der Waals surface area contributed by atoms with E-state index in [2.05, 4.69) is 10.6 Å². The molecule has 1 aliphatic heterocycles. The fourth-order valence-corrected chi connectivity index (χ4v) is 3.78. The molecule has 4 nitrogen and oxygen atoms in total. The molecule has 1 amide bonds. The highest BCUT2D eigenvalue weighted by Crippen LogP contribution is 2.17. The molecule has 1 fully saturated rings. The minimum Gasteiger partial charge on any atom is -0.326 e. The third-order valence-electron chi connectivity index (χ3n) is 3.93. The zero-order valence-corrected chi connectivity index (χ0v) is 14.9. The molecule has 2 aromatic carbocycles. The van der Waals surface area contributed by atoms with E-state index < -0.39 is 10.8 Å². The Hall–Kier alpha value is -1.69. The Labute approximate surface area is 150 Å². The average Bonchev–Trinajstić information content (AvgIpc) is 3.10. The van der Waals surface area contributed by atoms with Gasteiger partial charge in [-0.2, -0.15) is 0 Å². The topological polar surface area (TPSA) is 58.2 Å². The Bertz CT molecular complexity index is 703. The summed E-state index contributed by atoms with van der Waals surface area (Å²) in [5, 5.41) is 6.15. The highest BCUT2D eigenvalue weighted by atomic mass is 35.5. The van der Waals surface area contributed by atoms with Crippen LogP contribution in [0.2, 0.25) is 0 Å². The van der Waals surface area contributed by atoms with Crippen molar-refractivity contribution in [3.63, 3.8) is 0 Å². The second-order valence-electron chi connectivity index (χ2n) is 5.68. The number of rotatable bonds is 5. The Morgan fingerprint density at radius 1 is 1.17 bits per heavy atom. The Morgan fingerprint density at radius 3 is 2.67 bits per heavy atom. The van der Waals surface area contributed by atoms with Crippen LogP contribution in [0.3, 0.4) is 0 Å². The number of carbonyl (C=O) groups is 1. The molecule has 24 heavy (non-hydrogen) atoms. The summed E-state index contributed by atoms with van der Waals surface area (Å²) in [6.45, 7) is 1.64. The smallest absolute Gasteiger partial charge is 0.228 e. The summed E-state index contributed by atoms with van der Waals surface area (Å²) in [4.78, 5) is 13.0. The van der Waals surface area contributed by atoms with Crippen LogP contribution in [0.4, 0.5) is 5.69 Å². The second kappa shape index (κ2) is 8.97. The SMILES string of the molecule is Cl.O=C(Nc1cccc(CS(=O)c2ccccc2)c1)C1CCNC1.